The van der Waals surface area contributed by atoms with Gasteiger partial charge < -0.3 is 5.11 Å². The van der Waals surface area contributed by atoms with Crippen molar-refractivity contribution < 1.29 is 9.90 Å². The minimum absolute atomic E-state index is 0.00300. The Labute approximate surface area is 119 Å². The van der Waals surface area contributed by atoms with Crippen LogP contribution in [0.25, 0.3) is 0 Å². The number of fused-ring (bicyclic) bond motifs is 15. The van der Waals surface area contributed by atoms with Gasteiger partial charge in [0.15, 0.2) is 0 Å². The topological polar surface area (TPSA) is 37.3 Å². The quantitative estimate of drug-likeness (QED) is 0.586. The van der Waals surface area contributed by atoms with Gasteiger partial charge in [-0.3, -0.25) is 4.79 Å². The van der Waals surface area contributed by atoms with Crippen LogP contribution >= 0.6 is 0 Å². The summed E-state index contributed by atoms with van der Waals surface area (Å²) in [7, 11) is 0. The monoisotopic (exact) mass is 270 g/mol. The standard InChI is InChI=1S/C18H22O2/c19-18(20)11-5-9-4-10(11)17-13-6-12(16(9)17)14-7-1-2-8(3-7)15(13)14/h7,9-14,16-17H,1-6H2,(H,19,20). The summed E-state index contributed by atoms with van der Waals surface area (Å²) >= 11 is 0. The lowest BCUT2D eigenvalue weighted by molar-refractivity contribution is -0.145. The summed E-state index contributed by atoms with van der Waals surface area (Å²) in [5.41, 5.74) is 3.73. The molecule has 0 saturated heterocycles. The van der Waals surface area contributed by atoms with Crippen LogP contribution < -0.4 is 0 Å². The Morgan fingerprint density at radius 2 is 1.95 bits per heavy atom. The molecule has 0 aliphatic heterocycles. The second kappa shape index (κ2) is 3.18. The number of hydrogen-bond donors (Lipinski definition) is 1. The molecule has 106 valence electrons. The van der Waals surface area contributed by atoms with Crippen LogP contribution in [0.15, 0.2) is 11.1 Å². The highest BCUT2D eigenvalue weighted by molar-refractivity contribution is 5.71. The first-order valence-electron chi connectivity index (χ1n) is 8.68. The third kappa shape index (κ3) is 0.972. The first-order valence-corrected chi connectivity index (χ1v) is 8.68. The third-order valence-electron chi connectivity index (χ3n) is 8.40. The molecule has 0 amide bonds. The van der Waals surface area contributed by atoms with Crippen LogP contribution in [-0.2, 0) is 4.79 Å². The number of aliphatic carboxylic acids is 1. The summed E-state index contributed by atoms with van der Waals surface area (Å²) < 4.78 is 0. The highest BCUT2D eigenvalue weighted by Gasteiger charge is 2.69. The maximum Gasteiger partial charge on any atom is 0.306 e. The zero-order valence-electron chi connectivity index (χ0n) is 11.8. The van der Waals surface area contributed by atoms with Crippen LogP contribution in [-0.4, -0.2) is 11.1 Å². The Kier molecular flexibility index (Phi) is 1.73. The van der Waals surface area contributed by atoms with Crippen molar-refractivity contribution in [3.63, 3.8) is 0 Å². The predicted molar refractivity (Wildman–Crippen MR) is 73.8 cm³/mol. The van der Waals surface area contributed by atoms with E-state index < -0.39 is 5.97 Å². The fraction of sp³-hybridized carbons (Fsp3) is 0.833. The molecule has 0 heterocycles. The number of allylic oxidation sites excluding steroid dienone is 2. The molecule has 0 aromatic rings. The minimum atomic E-state index is -0.499. The van der Waals surface area contributed by atoms with Crippen LogP contribution in [0.2, 0.25) is 0 Å². The van der Waals surface area contributed by atoms with Crippen LogP contribution in [0.1, 0.15) is 38.5 Å². The summed E-state index contributed by atoms with van der Waals surface area (Å²) in [6.07, 6.45) is 7.97. The van der Waals surface area contributed by atoms with Crippen molar-refractivity contribution in [2.45, 2.75) is 38.5 Å². The Hall–Kier alpha value is -0.790. The van der Waals surface area contributed by atoms with Gasteiger partial charge in [0.25, 0.3) is 0 Å². The van der Waals surface area contributed by atoms with Crippen LogP contribution in [0.4, 0.5) is 0 Å². The first-order chi connectivity index (χ1) is 9.74. The molecule has 20 heavy (non-hydrogen) atoms. The number of rotatable bonds is 1. The molecule has 0 aromatic carbocycles. The van der Waals surface area contributed by atoms with Crippen molar-refractivity contribution in [3.8, 4) is 0 Å². The zero-order valence-corrected chi connectivity index (χ0v) is 11.8. The van der Waals surface area contributed by atoms with Gasteiger partial charge in [-0.2, -0.15) is 0 Å². The molecule has 5 fully saturated rings. The Balaban J connectivity index is 1.45. The van der Waals surface area contributed by atoms with E-state index in [0.29, 0.717) is 5.92 Å². The number of carboxylic acids is 1. The normalized spacial score (nSPS) is 60.5. The lowest BCUT2D eigenvalue weighted by Gasteiger charge is -2.43. The summed E-state index contributed by atoms with van der Waals surface area (Å²) in [5.74, 6) is 6.27. The lowest BCUT2D eigenvalue weighted by atomic mass is 9.61. The fourth-order valence-corrected chi connectivity index (χ4v) is 8.29. The minimum Gasteiger partial charge on any atom is -0.481 e. The van der Waals surface area contributed by atoms with Gasteiger partial charge >= 0.3 is 5.97 Å². The van der Waals surface area contributed by atoms with Crippen molar-refractivity contribution in [2.75, 3.05) is 0 Å². The second-order valence-corrected chi connectivity index (χ2v) is 8.59. The molecule has 9 unspecified atom stereocenters. The average Bonchev–Trinajstić information content (AvgIpc) is 3.20. The van der Waals surface area contributed by atoms with E-state index in [4.69, 9.17) is 0 Å². The van der Waals surface area contributed by atoms with Gasteiger partial charge in [-0.05, 0) is 85.9 Å². The highest BCUT2D eigenvalue weighted by Crippen LogP contribution is 2.75. The molecule has 6 aliphatic rings. The molecule has 0 spiro atoms. The summed E-state index contributed by atoms with van der Waals surface area (Å²) in [5, 5.41) is 9.51. The third-order valence-corrected chi connectivity index (χ3v) is 8.40. The molecule has 6 rings (SSSR count). The zero-order chi connectivity index (χ0) is 13.2. The molecule has 5 saturated carbocycles. The summed E-state index contributed by atoms with van der Waals surface area (Å²) in [4.78, 5) is 11.5. The van der Waals surface area contributed by atoms with Gasteiger partial charge in [-0.25, -0.2) is 0 Å². The van der Waals surface area contributed by atoms with Crippen molar-refractivity contribution in [3.05, 3.63) is 11.1 Å². The van der Waals surface area contributed by atoms with E-state index in [1.807, 2.05) is 11.1 Å². The maximum absolute atomic E-state index is 11.5. The van der Waals surface area contributed by atoms with Gasteiger partial charge in [-0.15, -0.1) is 0 Å². The molecule has 2 heteroatoms. The predicted octanol–water partition coefficient (Wildman–Crippen LogP) is 3.34. The molecular weight excluding hydrogens is 248 g/mol. The van der Waals surface area contributed by atoms with Crippen LogP contribution in [0.3, 0.4) is 0 Å². The first kappa shape index (κ1) is 10.9. The van der Waals surface area contributed by atoms with Crippen LogP contribution in [0.5, 0.6) is 0 Å². The summed E-state index contributed by atoms with van der Waals surface area (Å²) in [6, 6.07) is 0. The van der Waals surface area contributed by atoms with E-state index in [1.54, 1.807) is 0 Å². The van der Waals surface area contributed by atoms with E-state index >= 15 is 0 Å². The molecule has 1 N–H and O–H groups in total. The molecule has 2 nitrogen and oxygen atoms in total. The SMILES string of the molecule is O=C(O)C1CC2CC1C1C3CC(C4C3=C3CCC4C3)C21. The van der Waals surface area contributed by atoms with E-state index in [1.165, 1.54) is 32.1 Å². The van der Waals surface area contributed by atoms with Crippen molar-refractivity contribution >= 4 is 5.97 Å². The van der Waals surface area contributed by atoms with Gasteiger partial charge in [-0.1, -0.05) is 11.1 Å². The average molecular weight is 270 g/mol. The van der Waals surface area contributed by atoms with E-state index in [0.717, 1.165) is 47.8 Å². The Bertz CT molecular complexity index is 562. The van der Waals surface area contributed by atoms with Gasteiger partial charge in [0.05, 0.1) is 5.92 Å². The van der Waals surface area contributed by atoms with Crippen molar-refractivity contribution in [1.29, 1.82) is 0 Å². The molecule has 6 aliphatic carbocycles. The lowest BCUT2D eigenvalue weighted by Crippen LogP contribution is -2.40. The van der Waals surface area contributed by atoms with Crippen LogP contribution in [0, 0.1) is 53.3 Å². The highest BCUT2D eigenvalue weighted by atomic mass is 16.4. The second-order valence-electron chi connectivity index (χ2n) is 8.59. The summed E-state index contributed by atoms with van der Waals surface area (Å²) in [6.45, 7) is 0. The van der Waals surface area contributed by atoms with Gasteiger partial charge in [0.1, 0.15) is 0 Å². The van der Waals surface area contributed by atoms with Gasteiger partial charge in [0.2, 0.25) is 0 Å². The number of carboxylic acid groups (broad SMARTS) is 1. The van der Waals surface area contributed by atoms with Crippen molar-refractivity contribution in [2.24, 2.45) is 53.3 Å². The maximum atomic E-state index is 11.5. The van der Waals surface area contributed by atoms with E-state index in [9.17, 15) is 9.90 Å². The number of hydrogen-bond acceptors (Lipinski definition) is 1. The van der Waals surface area contributed by atoms with E-state index in [-0.39, 0.29) is 5.92 Å². The number of carbonyl (C=O) groups is 1. The molecule has 0 radical (unpaired) electrons. The smallest absolute Gasteiger partial charge is 0.306 e. The van der Waals surface area contributed by atoms with Crippen molar-refractivity contribution in [1.82, 2.24) is 0 Å². The largest absolute Gasteiger partial charge is 0.481 e. The Morgan fingerprint density at radius 3 is 2.80 bits per heavy atom. The molecule has 6 bridgehead atoms. The Morgan fingerprint density at radius 1 is 1.05 bits per heavy atom. The molecular formula is C18H22O2. The fourth-order valence-electron chi connectivity index (χ4n) is 8.29. The van der Waals surface area contributed by atoms with Gasteiger partial charge in [0, 0.05) is 0 Å². The van der Waals surface area contributed by atoms with E-state index in [2.05, 4.69) is 0 Å². The molecule has 9 atom stereocenters. The molecule has 0 aromatic heterocycles.